The third-order valence-electron chi connectivity index (χ3n) is 3.79. The van der Waals surface area contributed by atoms with Gasteiger partial charge in [0.15, 0.2) is 0 Å². The fourth-order valence-corrected chi connectivity index (χ4v) is 2.65. The van der Waals surface area contributed by atoms with Gasteiger partial charge in [-0.25, -0.2) is 0 Å². The predicted molar refractivity (Wildman–Crippen MR) is 78.5 cm³/mol. The number of hydrogen-bond donors (Lipinski definition) is 2. The van der Waals surface area contributed by atoms with E-state index < -0.39 is 10.8 Å². The summed E-state index contributed by atoms with van der Waals surface area (Å²) < 4.78 is 0. The molecule has 1 amide bonds. The van der Waals surface area contributed by atoms with Crippen LogP contribution in [0.1, 0.15) is 23.2 Å². The SMILES string of the molecule is CNC(=O)c1cc(N2CCC[C@H](CO)C2)ccc1[N+](=O)[O-]. The molecule has 0 bridgehead atoms. The van der Waals surface area contributed by atoms with Crippen LogP contribution in [0, 0.1) is 16.0 Å². The molecule has 1 aromatic carbocycles. The summed E-state index contributed by atoms with van der Waals surface area (Å²) in [6.45, 7) is 1.65. The second-order valence-corrected chi connectivity index (χ2v) is 5.17. The van der Waals surface area contributed by atoms with E-state index in [9.17, 15) is 20.0 Å². The summed E-state index contributed by atoms with van der Waals surface area (Å²) in [5.74, 6) is -0.267. The Morgan fingerprint density at radius 3 is 2.95 bits per heavy atom. The van der Waals surface area contributed by atoms with Gasteiger partial charge in [-0.2, -0.15) is 0 Å². The Morgan fingerprint density at radius 2 is 2.33 bits per heavy atom. The number of hydrogen-bond acceptors (Lipinski definition) is 5. The van der Waals surface area contributed by atoms with Crippen molar-refractivity contribution < 1.29 is 14.8 Å². The van der Waals surface area contributed by atoms with Crippen LogP contribution < -0.4 is 10.2 Å². The van der Waals surface area contributed by atoms with Crippen LogP contribution in [0.2, 0.25) is 0 Å². The van der Waals surface area contributed by atoms with Crippen LogP contribution >= 0.6 is 0 Å². The number of nitrogens with one attached hydrogen (secondary N) is 1. The highest BCUT2D eigenvalue weighted by atomic mass is 16.6. The Kier molecular flexibility index (Phi) is 4.74. The zero-order valence-corrected chi connectivity index (χ0v) is 11.9. The van der Waals surface area contributed by atoms with E-state index in [-0.39, 0.29) is 23.8 Å². The van der Waals surface area contributed by atoms with Crippen LogP contribution in [-0.4, -0.2) is 42.7 Å². The molecule has 0 spiro atoms. The van der Waals surface area contributed by atoms with Gasteiger partial charge in [0.2, 0.25) is 0 Å². The first kappa shape index (κ1) is 15.2. The van der Waals surface area contributed by atoms with E-state index in [1.807, 2.05) is 0 Å². The normalized spacial score (nSPS) is 18.4. The lowest BCUT2D eigenvalue weighted by molar-refractivity contribution is -0.385. The summed E-state index contributed by atoms with van der Waals surface area (Å²) >= 11 is 0. The summed E-state index contributed by atoms with van der Waals surface area (Å²) in [7, 11) is 1.45. The smallest absolute Gasteiger partial charge is 0.282 e. The van der Waals surface area contributed by atoms with Gasteiger partial charge in [0.25, 0.3) is 11.6 Å². The number of nitro benzene ring substituents is 1. The number of benzene rings is 1. The van der Waals surface area contributed by atoms with Crippen LogP contribution in [0.25, 0.3) is 0 Å². The maximum atomic E-state index is 11.8. The van der Waals surface area contributed by atoms with Crippen LogP contribution in [0.4, 0.5) is 11.4 Å². The standard InChI is InChI=1S/C14H19N3O4/c1-15-14(19)12-7-11(4-5-13(12)17(20)21)16-6-2-3-10(8-16)9-18/h4-5,7,10,18H,2-3,6,8-9H2,1H3,(H,15,19)/t10-/m0/s1. The van der Waals surface area contributed by atoms with E-state index in [1.165, 1.54) is 13.1 Å². The number of amides is 1. The van der Waals surface area contributed by atoms with E-state index in [0.717, 1.165) is 25.1 Å². The van der Waals surface area contributed by atoms with Crippen molar-refractivity contribution in [3.05, 3.63) is 33.9 Å². The third-order valence-corrected chi connectivity index (χ3v) is 3.79. The highest BCUT2D eigenvalue weighted by Crippen LogP contribution is 2.28. The number of aliphatic hydroxyl groups excluding tert-OH is 1. The number of carbonyl (C=O) groups is 1. The van der Waals surface area contributed by atoms with Crippen molar-refractivity contribution in [1.82, 2.24) is 5.32 Å². The van der Waals surface area contributed by atoms with Crippen molar-refractivity contribution in [2.24, 2.45) is 5.92 Å². The minimum atomic E-state index is -0.554. The predicted octanol–water partition coefficient (Wildman–Crippen LogP) is 1.16. The molecule has 2 N–H and O–H groups in total. The lowest BCUT2D eigenvalue weighted by atomic mass is 9.98. The van der Waals surface area contributed by atoms with E-state index in [4.69, 9.17) is 0 Å². The highest BCUT2D eigenvalue weighted by Gasteiger charge is 2.24. The Balaban J connectivity index is 2.33. The number of carbonyl (C=O) groups excluding carboxylic acids is 1. The molecule has 1 atom stereocenters. The largest absolute Gasteiger partial charge is 0.396 e. The van der Waals surface area contributed by atoms with Gasteiger partial charge in [-0.05, 0) is 30.9 Å². The van der Waals surface area contributed by atoms with E-state index in [2.05, 4.69) is 10.2 Å². The Morgan fingerprint density at radius 1 is 1.57 bits per heavy atom. The molecule has 0 unspecified atom stereocenters. The molecule has 7 heteroatoms. The molecule has 21 heavy (non-hydrogen) atoms. The van der Waals surface area contributed by atoms with Gasteiger partial charge in [-0.15, -0.1) is 0 Å². The summed E-state index contributed by atoms with van der Waals surface area (Å²) in [6, 6.07) is 4.57. The van der Waals surface area contributed by atoms with Crippen LogP contribution in [0.15, 0.2) is 18.2 Å². The molecule has 1 heterocycles. The van der Waals surface area contributed by atoms with E-state index in [1.54, 1.807) is 12.1 Å². The topological polar surface area (TPSA) is 95.7 Å². The molecule has 1 aliphatic rings. The molecule has 7 nitrogen and oxygen atoms in total. The quantitative estimate of drug-likeness (QED) is 0.641. The van der Waals surface area contributed by atoms with Crippen molar-refractivity contribution in [1.29, 1.82) is 0 Å². The second-order valence-electron chi connectivity index (χ2n) is 5.17. The number of nitrogens with zero attached hydrogens (tertiary/aromatic N) is 2. The van der Waals surface area contributed by atoms with Crippen molar-refractivity contribution in [3.8, 4) is 0 Å². The zero-order valence-electron chi connectivity index (χ0n) is 11.9. The lowest BCUT2D eigenvalue weighted by Crippen LogP contribution is -2.37. The van der Waals surface area contributed by atoms with Crippen molar-refractivity contribution in [2.45, 2.75) is 12.8 Å². The van der Waals surface area contributed by atoms with Crippen LogP contribution in [0.3, 0.4) is 0 Å². The first-order valence-corrected chi connectivity index (χ1v) is 6.93. The fourth-order valence-electron chi connectivity index (χ4n) is 2.65. The van der Waals surface area contributed by atoms with Gasteiger partial charge in [0.05, 0.1) is 4.92 Å². The molecule has 1 saturated heterocycles. The Hall–Kier alpha value is -2.15. The van der Waals surface area contributed by atoms with Gasteiger partial charge in [-0.3, -0.25) is 14.9 Å². The molecule has 0 saturated carbocycles. The number of nitro groups is 1. The molecular weight excluding hydrogens is 274 g/mol. The first-order chi connectivity index (χ1) is 10.1. The molecule has 0 aliphatic carbocycles. The molecule has 1 fully saturated rings. The molecule has 1 aromatic rings. The van der Waals surface area contributed by atoms with Crippen molar-refractivity contribution in [2.75, 3.05) is 31.6 Å². The molecular formula is C14H19N3O4. The fraction of sp³-hybridized carbons (Fsp3) is 0.500. The minimum Gasteiger partial charge on any atom is -0.396 e. The average molecular weight is 293 g/mol. The zero-order chi connectivity index (χ0) is 15.4. The summed E-state index contributed by atoms with van der Waals surface area (Å²) in [5, 5.41) is 22.7. The first-order valence-electron chi connectivity index (χ1n) is 6.93. The maximum Gasteiger partial charge on any atom is 0.282 e. The van der Waals surface area contributed by atoms with Crippen molar-refractivity contribution in [3.63, 3.8) is 0 Å². The second kappa shape index (κ2) is 6.53. The summed E-state index contributed by atoms with van der Waals surface area (Å²) in [6.07, 6.45) is 1.93. The molecule has 114 valence electrons. The molecule has 1 aliphatic heterocycles. The minimum absolute atomic E-state index is 0.0612. The maximum absolute atomic E-state index is 11.8. The van der Waals surface area contributed by atoms with E-state index in [0.29, 0.717) is 6.54 Å². The van der Waals surface area contributed by atoms with Gasteiger partial charge in [0.1, 0.15) is 5.56 Å². The van der Waals surface area contributed by atoms with Gasteiger partial charge < -0.3 is 15.3 Å². The van der Waals surface area contributed by atoms with Crippen molar-refractivity contribution >= 4 is 17.3 Å². The Bertz CT molecular complexity index is 547. The average Bonchev–Trinajstić information content (AvgIpc) is 2.53. The number of rotatable bonds is 4. The monoisotopic (exact) mass is 293 g/mol. The lowest BCUT2D eigenvalue weighted by Gasteiger charge is -2.33. The third kappa shape index (κ3) is 3.30. The molecule has 0 aromatic heterocycles. The van der Waals surface area contributed by atoms with E-state index >= 15 is 0 Å². The van der Waals surface area contributed by atoms with Crippen LogP contribution in [0.5, 0.6) is 0 Å². The Labute approximate surface area is 122 Å². The highest BCUT2D eigenvalue weighted by molar-refractivity contribution is 5.99. The van der Waals surface area contributed by atoms with Gasteiger partial charge in [-0.1, -0.05) is 0 Å². The summed E-state index contributed by atoms with van der Waals surface area (Å²) in [4.78, 5) is 24.3. The number of piperidine rings is 1. The van der Waals surface area contributed by atoms with Gasteiger partial charge in [0, 0.05) is 38.5 Å². The van der Waals surface area contributed by atoms with Crippen LogP contribution in [-0.2, 0) is 0 Å². The van der Waals surface area contributed by atoms with Gasteiger partial charge >= 0.3 is 0 Å². The molecule has 0 radical (unpaired) electrons. The molecule has 2 rings (SSSR count). The number of anilines is 1. The summed E-state index contributed by atoms with van der Waals surface area (Å²) in [5.41, 5.74) is 0.636. The number of aliphatic hydroxyl groups is 1.